The highest BCUT2D eigenvalue weighted by molar-refractivity contribution is 5.79. The Labute approximate surface area is 152 Å². The maximum atomic E-state index is 12.0. The van der Waals surface area contributed by atoms with E-state index in [0.29, 0.717) is 47.7 Å². The Balaban J connectivity index is 1.64. The standard InChI is InChI=1S/C22H36O3/c1-13(12-23)16-4-5-17-20-18(7-9-22(16,17)3)21(2)8-6-15(24)10-14(21)11-19(20)25/h13-14,16-20,23,25H,4-12H2,1-3H3/t13-,14-,16?,17?,18?,19-,20?,21?,22?/m1/s1. The van der Waals surface area contributed by atoms with Gasteiger partial charge in [0.1, 0.15) is 5.78 Å². The molecule has 2 N–H and O–H groups in total. The first-order chi connectivity index (χ1) is 11.8. The number of ketones is 1. The Morgan fingerprint density at radius 1 is 1.12 bits per heavy atom. The number of fused-ring (bicyclic) bond motifs is 5. The monoisotopic (exact) mass is 348 g/mol. The second-order valence-corrected chi connectivity index (χ2v) is 10.4. The quantitative estimate of drug-likeness (QED) is 0.798. The molecule has 3 heteroatoms. The number of hydrogen-bond acceptors (Lipinski definition) is 3. The summed E-state index contributed by atoms with van der Waals surface area (Å²) in [7, 11) is 0. The summed E-state index contributed by atoms with van der Waals surface area (Å²) in [5.74, 6) is 3.33. The van der Waals surface area contributed by atoms with E-state index in [-0.39, 0.29) is 23.5 Å². The molecule has 6 unspecified atom stereocenters. The third kappa shape index (κ3) is 2.48. The van der Waals surface area contributed by atoms with Crippen molar-refractivity contribution in [1.29, 1.82) is 0 Å². The minimum atomic E-state index is -0.234. The van der Waals surface area contributed by atoms with Crippen molar-refractivity contribution in [2.75, 3.05) is 6.61 Å². The van der Waals surface area contributed by atoms with Crippen LogP contribution in [-0.2, 0) is 4.79 Å². The van der Waals surface area contributed by atoms with Gasteiger partial charge in [-0.1, -0.05) is 20.8 Å². The molecule has 0 radical (unpaired) electrons. The first-order valence-corrected chi connectivity index (χ1v) is 10.6. The number of aliphatic hydroxyl groups is 2. The van der Waals surface area contributed by atoms with Crippen LogP contribution in [0.1, 0.15) is 72.1 Å². The van der Waals surface area contributed by atoms with Gasteiger partial charge in [-0.3, -0.25) is 4.79 Å². The second-order valence-electron chi connectivity index (χ2n) is 10.4. The molecular formula is C22H36O3. The van der Waals surface area contributed by atoms with E-state index in [2.05, 4.69) is 20.8 Å². The van der Waals surface area contributed by atoms with Gasteiger partial charge in [0, 0.05) is 19.4 Å². The van der Waals surface area contributed by atoms with E-state index in [1.807, 2.05) is 0 Å². The topological polar surface area (TPSA) is 57.5 Å². The van der Waals surface area contributed by atoms with Crippen molar-refractivity contribution in [3.05, 3.63) is 0 Å². The van der Waals surface area contributed by atoms with Crippen molar-refractivity contribution in [2.45, 2.75) is 78.2 Å². The van der Waals surface area contributed by atoms with Crippen LogP contribution in [0.3, 0.4) is 0 Å². The molecule has 0 aromatic rings. The molecule has 0 amide bonds. The van der Waals surface area contributed by atoms with Crippen molar-refractivity contribution >= 4 is 5.78 Å². The molecule has 3 nitrogen and oxygen atoms in total. The summed E-state index contributed by atoms with van der Waals surface area (Å²) in [6.45, 7) is 7.36. The Bertz CT molecular complexity index is 545. The van der Waals surface area contributed by atoms with Crippen molar-refractivity contribution in [2.24, 2.45) is 46.3 Å². The van der Waals surface area contributed by atoms with E-state index in [4.69, 9.17) is 0 Å². The van der Waals surface area contributed by atoms with Crippen molar-refractivity contribution < 1.29 is 15.0 Å². The van der Waals surface area contributed by atoms with Crippen LogP contribution in [-0.4, -0.2) is 28.7 Å². The molecule has 0 aromatic carbocycles. The smallest absolute Gasteiger partial charge is 0.133 e. The lowest BCUT2D eigenvalue weighted by Gasteiger charge is -2.61. The molecule has 0 aromatic heterocycles. The van der Waals surface area contributed by atoms with Crippen LogP contribution in [0.2, 0.25) is 0 Å². The summed E-state index contributed by atoms with van der Waals surface area (Å²) in [6, 6.07) is 0. The zero-order chi connectivity index (χ0) is 18.0. The molecule has 0 saturated heterocycles. The Morgan fingerprint density at radius 3 is 2.56 bits per heavy atom. The molecule has 142 valence electrons. The molecule has 0 heterocycles. The lowest BCUT2D eigenvalue weighted by Crippen LogP contribution is -2.58. The summed E-state index contributed by atoms with van der Waals surface area (Å²) in [4.78, 5) is 12.0. The number of hydrogen-bond donors (Lipinski definition) is 2. The fourth-order valence-electron chi connectivity index (χ4n) is 8.12. The van der Waals surface area contributed by atoms with Crippen LogP contribution in [0.15, 0.2) is 0 Å². The normalized spacial score (nSPS) is 53.7. The van der Waals surface area contributed by atoms with Gasteiger partial charge in [-0.2, -0.15) is 0 Å². The van der Waals surface area contributed by atoms with Gasteiger partial charge in [-0.25, -0.2) is 0 Å². The highest BCUT2D eigenvalue weighted by Crippen LogP contribution is 2.67. The third-order valence-corrected chi connectivity index (χ3v) is 9.55. The molecule has 0 bridgehead atoms. The number of carbonyl (C=O) groups is 1. The predicted octanol–water partition coefficient (Wildman–Crippen LogP) is 3.81. The zero-order valence-corrected chi connectivity index (χ0v) is 16.2. The molecule has 4 fully saturated rings. The van der Waals surface area contributed by atoms with Crippen LogP contribution in [0.5, 0.6) is 0 Å². The maximum Gasteiger partial charge on any atom is 0.133 e. The first-order valence-electron chi connectivity index (χ1n) is 10.6. The molecule has 4 aliphatic carbocycles. The van der Waals surface area contributed by atoms with Crippen molar-refractivity contribution in [3.8, 4) is 0 Å². The Morgan fingerprint density at radius 2 is 1.84 bits per heavy atom. The third-order valence-electron chi connectivity index (χ3n) is 9.55. The van der Waals surface area contributed by atoms with Crippen LogP contribution >= 0.6 is 0 Å². The average molecular weight is 349 g/mol. The lowest BCUT2D eigenvalue weighted by atomic mass is 9.44. The predicted molar refractivity (Wildman–Crippen MR) is 97.9 cm³/mol. The van der Waals surface area contributed by atoms with Gasteiger partial charge in [-0.15, -0.1) is 0 Å². The van der Waals surface area contributed by atoms with E-state index in [1.54, 1.807) is 0 Å². The summed E-state index contributed by atoms with van der Waals surface area (Å²) in [6.07, 6.45) is 7.92. The van der Waals surface area contributed by atoms with Crippen molar-refractivity contribution in [3.63, 3.8) is 0 Å². The van der Waals surface area contributed by atoms with Crippen molar-refractivity contribution in [1.82, 2.24) is 0 Å². The summed E-state index contributed by atoms with van der Waals surface area (Å²) >= 11 is 0. The lowest BCUT2D eigenvalue weighted by molar-refractivity contribution is -0.169. The van der Waals surface area contributed by atoms with Crippen LogP contribution in [0, 0.1) is 46.3 Å². The molecule has 0 aliphatic heterocycles. The van der Waals surface area contributed by atoms with Gasteiger partial charge in [0.2, 0.25) is 0 Å². The first kappa shape index (κ1) is 18.0. The Kier molecular flexibility index (Phi) is 4.35. The fraction of sp³-hybridized carbons (Fsp3) is 0.955. The summed E-state index contributed by atoms with van der Waals surface area (Å²) in [5, 5.41) is 20.9. The second kappa shape index (κ2) is 6.05. The van der Waals surface area contributed by atoms with Gasteiger partial charge in [0.25, 0.3) is 0 Å². The zero-order valence-electron chi connectivity index (χ0n) is 16.2. The van der Waals surface area contributed by atoms with Gasteiger partial charge in [0.15, 0.2) is 0 Å². The molecule has 4 aliphatic rings. The van der Waals surface area contributed by atoms with Crippen LogP contribution in [0.4, 0.5) is 0 Å². The minimum absolute atomic E-state index is 0.234. The molecular weight excluding hydrogens is 312 g/mol. The van der Waals surface area contributed by atoms with E-state index < -0.39 is 0 Å². The van der Waals surface area contributed by atoms with E-state index in [1.165, 1.54) is 25.7 Å². The summed E-state index contributed by atoms with van der Waals surface area (Å²) in [5.41, 5.74) is 0.526. The number of rotatable bonds is 2. The molecule has 4 saturated carbocycles. The number of carbonyl (C=O) groups excluding carboxylic acids is 1. The van der Waals surface area contributed by atoms with Gasteiger partial charge in [0.05, 0.1) is 6.10 Å². The number of Topliss-reactive ketones (excluding diaryl/α,β-unsaturated/α-hetero) is 1. The Hall–Kier alpha value is -0.410. The fourth-order valence-corrected chi connectivity index (χ4v) is 8.12. The van der Waals surface area contributed by atoms with E-state index in [9.17, 15) is 15.0 Å². The van der Waals surface area contributed by atoms with E-state index in [0.717, 1.165) is 19.3 Å². The molecule has 25 heavy (non-hydrogen) atoms. The molecule has 9 atom stereocenters. The highest BCUT2D eigenvalue weighted by atomic mass is 16.3. The highest BCUT2D eigenvalue weighted by Gasteiger charge is 2.62. The maximum absolute atomic E-state index is 12.0. The van der Waals surface area contributed by atoms with E-state index >= 15 is 0 Å². The molecule has 0 spiro atoms. The van der Waals surface area contributed by atoms with Crippen LogP contribution in [0.25, 0.3) is 0 Å². The van der Waals surface area contributed by atoms with Gasteiger partial charge >= 0.3 is 0 Å². The molecule has 4 rings (SSSR count). The van der Waals surface area contributed by atoms with Crippen LogP contribution < -0.4 is 0 Å². The summed E-state index contributed by atoms with van der Waals surface area (Å²) < 4.78 is 0. The number of aliphatic hydroxyl groups excluding tert-OH is 2. The average Bonchev–Trinajstić information content (AvgIpc) is 2.93. The minimum Gasteiger partial charge on any atom is -0.396 e. The van der Waals surface area contributed by atoms with Gasteiger partial charge < -0.3 is 10.2 Å². The SMILES string of the molecule is C[C@H](CO)C1CCC2C3C(CCC21C)C1(C)CCC(=O)C[C@@H]1C[C@H]3O. The van der Waals surface area contributed by atoms with Gasteiger partial charge in [-0.05, 0) is 84.9 Å². The largest absolute Gasteiger partial charge is 0.396 e.